The van der Waals surface area contributed by atoms with Crippen LogP contribution in [0.4, 0.5) is 0 Å². The van der Waals surface area contributed by atoms with E-state index in [9.17, 15) is 4.79 Å². The lowest BCUT2D eigenvalue weighted by molar-refractivity contribution is 0.0857. The zero-order valence-electron chi connectivity index (χ0n) is 9.79. The Morgan fingerprint density at radius 2 is 2.00 bits per heavy atom. The summed E-state index contributed by atoms with van der Waals surface area (Å²) in [5.41, 5.74) is 4.23. The maximum atomic E-state index is 11.7. The highest BCUT2D eigenvalue weighted by Gasteiger charge is 2.05. The van der Waals surface area contributed by atoms with Crippen molar-refractivity contribution in [3.8, 4) is 5.69 Å². The summed E-state index contributed by atoms with van der Waals surface area (Å²) in [6.07, 6.45) is 3.57. The molecule has 0 aliphatic carbocycles. The van der Waals surface area contributed by atoms with Crippen LogP contribution in [0.2, 0.25) is 0 Å². The fourth-order valence-corrected chi connectivity index (χ4v) is 1.45. The standard InChI is InChI=1S/C12H14N4O/c1-15(2)14-12(17)10-4-6-11(7-5-10)16-9-3-8-13-16/h3-9H,1-2H3,(H,14,17). The average molecular weight is 230 g/mol. The molecule has 1 heterocycles. The second-order valence-corrected chi connectivity index (χ2v) is 3.83. The lowest BCUT2D eigenvalue weighted by Gasteiger charge is -2.11. The highest BCUT2D eigenvalue weighted by atomic mass is 16.2. The predicted molar refractivity (Wildman–Crippen MR) is 64.7 cm³/mol. The molecule has 0 radical (unpaired) electrons. The van der Waals surface area contributed by atoms with Gasteiger partial charge >= 0.3 is 0 Å². The number of hydrazine groups is 1. The minimum atomic E-state index is -0.123. The molecule has 1 N–H and O–H groups in total. The Morgan fingerprint density at radius 3 is 2.53 bits per heavy atom. The van der Waals surface area contributed by atoms with Gasteiger partial charge in [0.2, 0.25) is 0 Å². The van der Waals surface area contributed by atoms with Gasteiger partial charge in [0.05, 0.1) is 5.69 Å². The van der Waals surface area contributed by atoms with E-state index in [1.807, 2.05) is 24.4 Å². The van der Waals surface area contributed by atoms with E-state index in [4.69, 9.17) is 0 Å². The molecule has 0 unspecified atom stereocenters. The fraction of sp³-hybridized carbons (Fsp3) is 0.167. The van der Waals surface area contributed by atoms with Gasteiger partial charge in [-0.05, 0) is 30.3 Å². The Bertz CT molecular complexity index is 488. The molecule has 2 rings (SSSR count). The molecule has 0 saturated heterocycles. The van der Waals surface area contributed by atoms with Crippen LogP contribution >= 0.6 is 0 Å². The Balaban J connectivity index is 2.16. The van der Waals surface area contributed by atoms with Crippen LogP contribution in [0.25, 0.3) is 5.69 Å². The number of hydrogen-bond donors (Lipinski definition) is 1. The summed E-state index contributed by atoms with van der Waals surface area (Å²) in [5.74, 6) is -0.123. The first kappa shape index (κ1) is 11.3. The van der Waals surface area contributed by atoms with E-state index in [1.165, 1.54) is 0 Å². The first-order chi connectivity index (χ1) is 8.16. The zero-order valence-corrected chi connectivity index (χ0v) is 9.79. The molecule has 1 aromatic carbocycles. The van der Waals surface area contributed by atoms with Crippen molar-refractivity contribution in [2.24, 2.45) is 0 Å². The molecule has 0 spiro atoms. The van der Waals surface area contributed by atoms with Gasteiger partial charge in [0.25, 0.3) is 5.91 Å². The first-order valence-corrected chi connectivity index (χ1v) is 5.25. The van der Waals surface area contributed by atoms with E-state index in [0.717, 1.165) is 5.69 Å². The number of benzene rings is 1. The van der Waals surface area contributed by atoms with Crippen molar-refractivity contribution in [2.75, 3.05) is 14.1 Å². The Labute approximate surface area is 99.6 Å². The summed E-state index contributed by atoms with van der Waals surface area (Å²) in [4.78, 5) is 11.7. The molecule has 0 aliphatic rings. The minimum Gasteiger partial charge on any atom is -0.285 e. The molecule has 0 atom stereocenters. The monoisotopic (exact) mass is 230 g/mol. The molecule has 2 aromatic rings. The highest BCUT2D eigenvalue weighted by Crippen LogP contribution is 2.08. The molecule has 0 bridgehead atoms. The SMILES string of the molecule is CN(C)NC(=O)c1ccc(-n2cccn2)cc1. The molecule has 5 heteroatoms. The molecule has 0 aliphatic heterocycles. The van der Waals surface area contributed by atoms with E-state index >= 15 is 0 Å². The number of carbonyl (C=O) groups excluding carboxylic acids is 1. The summed E-state index contributed by atoms with van der Waals surface area (Å²) in [6, 6.07) is 9.12. The van der Waals surface area contributed by atoms with E-state index in [0.29, 0.717) is 5.56 Å². The molecular formula is C12H14N4O. The van der Waals surface area contributed by atoms with Crippen molar-refractivity contribution in [2.45, 2.75) is 0 Å². The number of carbonyl (C=O) groups is 1. The van der Waals surface area contributed by atoms with Crippen LogP contribution in [0.5, 0.6) is 0 Å². The molecule has 0 saturated carbocycles. The van der Waals surface area contributed by atoms with Crippen LogP contribution in [-0.4, -0.2) is 34.8 Å². The van der Waals surface area contributed by atoms with Gasteiger partial charge in [-0.1, -0.05) is 0 Å². The number of hydrogen-bond acceptors (Lipinski definition) is 3. The van der Waals surface area contributed by atoms with Gasteiger partial charge in [0, 0.05) is 32.1 Å². The molecular weight excluding hydrogens is 216 g/mol. The van der Waals surface area contributed by atoms with Crippen molar-refractivity contribution in [3.05, 3.63) is 48.3 Å². The van der Waals surface area contributed by atoms with E-state index < -0.39 is 0 Å². The lowest BCUT2D eigenvalue weighted by Crippen LogP contribution is -2.36. The second-order valence-electron chi connectivity index (χ2n) is 3.83. The first-order valence-electron chi connectivity index (χ1n) is 5.25. The van der Waals surface area contributed by atoms with Crippen LogP contribution in [0, 0.1) is 0 Å². The minimum absolute atomic E-state index is 0.123. The van der Waals surface area contributed by atoms with Crippen molar-refractivity contribution < 1.29 is 4.79 Å². The summed E-state index contributed by atoms with van der Waals surface area (Å²) < 4.78 is 1.74. The van der Waals surface area contributed by atoms with Gasteiger partial charge < -0.3 is 0 Å². The number of nitrogens with one attached hydrogen (secondary N) is 1. The third-order valence-corrected chi connectivity index (χ3v) is 2.22. The quantitative estimate of drug-likeness (QED) is 0.803. The molecule has 88 valence electrons. The van der Waals surface area contributed by atoms with Crippen molar-refractivity contribution in [3.63, 3.8) is 0 Å². The zero-order chi connectivity index (χ0) is 12.3. The van der Waals surface area contributed by atoms with Crippen LogP contribution in [0.15, 0.2) is 42.7 Å². The van der Waals surface area contributed by atoms with Gasteiger partial charge in [0.1, 0.15) is 0 Å². The van der Waals surface area contributed by atoms with Crippen LogP contribution < -0.4 is 5.43 Å². The molecule has 1 amide bonds. The summed E-state index contributed by atoms with van der Waals surface area (Å²) in [6.45, 7) is 0. The van der Waals surface area contributed by atoms with E-state index in [-0.39, 0.29) is 5.91 Å². The molecule has 1 aromatic heterocycles. The van der Waals surface area contributed by atoms with Crippen LogP contribution in [0.3, 0.4) is 0 Å². The number of amides is 1. The van der Waals surface area contributed by atoms with Crippen LogP contribution in [0.1, 0.15) is 10.4 Å². The van der Waals surface area contributed by atoms with Gasteiger partial charge in [-0.25, -0.2) is 9.69 Å². The maximum Gasteiger partial charge on any atom is 0.265 e. The number of rotatable bonds is 3. The van der Waals surface area contributed by atoms with Gasteiger partial charge in [0.15, 0.2) is 0 Å². The van der Waals surface area contributed by atoms with Gasteiger partial charge in [-0.3, -0.25) is 10.2 Å². The average Bonchev–Trinajstić information content (AvgIpc) is 2.82. The number of nitrogens with zero attached hydrogens (tertiary/aromatic N) is 3. The summed E-state index contributed by atoms with van der Waals surface area (Å²) in [5, 5.41) is 5.73. The maximum absolute atomic E-state index is 11.7. The highest BCUT2D eigenvalue weighted by molar-refractivity contribution is 5.93. The fourth-order valence-electron chi connectivity index (χ4n) is 1.45. The van der Waals surface area contributed by atoms with E-state index in [1.54, 1.807) is 42.1 Å². The van der Waals surface area contributed by atoms with Crippen LogP contribution in [-0.2, 0) is 0 Å². The summed E-state index contributed by atoms with van der Waals surface area (Å²) >= 11 is 0. The topological polar surface area (TPSA) is 50.2 Å². The number of aromatic nitrogens is 2. The summed E-state index contributed by atoms with van der Waals surface area (Å²) in [7, 11) is 3.55. The van der Waals surface area contributed by atoms with Crippen molar-refractivity contribution in [1.82, 2.24) is 20.2 Å². The molecule has 5 nitrogen and oxygen atoms in total. The smallest absolute Gasteiger partial charge is 0.265 e. The normalized spacial score (nSPS) is 10.5. The van der Waals surface area contributed by atoms with Gasteiger partial charge in [-0.2, -0.15) is 5.10 Å². The van der Waals surface area contributed by atoms with Crippen molar-refractivity contribution >= 4 is 5.91 Å². The van der Waals surface area contributed by atoms with Gasteiger partial charge in [-0.15, -0.1) is 0 Å². The molecule has 0 fully saturated rings. The lowest BCUT2D eigenvalue weighted by atomic mass is 10.2. The second kappa shape index (κ2) is 4.80. The Morgan fingerprint density at radius 1 is 1.29 bits per heavy atom. The third-order valence-electron chi connectivity index (χ3n) is 2.22. The Kier molecular flexibility index (Phi) is 3.20. The van der Waals surface area contributed by atoms with E-state index in [2.05, 4.69) is 10.5 Å². The predicted octanol–water partition coefficient (Wildman–Crippen LogP) is 1.08. The molecule has 17 heavy (non-hydrogen) atoms. The van der Waals surface area contributed by atoms with Crippen molar-refractivity contribution in [1.29, 1.82) is 0 Å². The largest absolute Gasteiger partial charge is 0.285 e. The Hall–Kier alpha value is -2.14. The third kappa shape index (κ3) is 2.70.